The molecule has 2 rings (SSSR count). The van der Waals surface area contributed by atoms with Gasteiger partial charge >= 0.3 is 0 Å². The number of nitrogens with one attached hydrogen (secondary N) is 1. The number of nitrogens with zero attached hydrogens (tertiary/aromatic N) is 2. The van der Waals surface area contributed by atoms with E-state index in [1.807, 2.05) is 50.2 Å². The van der Waals surface area contributed by atoms with Gasteiger partial charge in [-0.05, 0) is 19.4 Å². The third-order valence-electron chi connectivity index (χ3n) is 2.78. The molecule has 1 N–H and O–H groups in total. The highest BCUT2D eigenvalue weighted by molar-refractivity contribution is 5.90. The van der Waals surface area contributed by atoms with Crippen molar-refractivity contribution in [1.82, 2.24) is 9.78 Å². The van der Waals surface area contributed by atoms with Crippen LogP contribution in [0.25, 0.3) is 0 Å². The molecule has 0 bridgehead atoms. The Hall–Kier alpha value is -2.14. The van der Waals surface area contributed by atoms with Crippen molar-refractivity contribution in [2.75, 3.05) is 18.5 Å². The summed E-state index contributed by atoms with van der Waals surface area (Å²) in [7, 11) is 0. The molecule has 0 radical (unpaired) electrons. The molecular weight excluding hydrogens is 254 g/mol. The zero-order valence-electron chi connectivity index (χ0n) is 11.8. The Morgan fingerprint density at radius 3 is 2.80 bits per heavy atom. The summed E-state index contributed by atoms with van der Waals surface area (Å²) in [5.41, 5.74) is 2.00. The molecule has 2 aromatic rings. The number of carbonyl (C=O) groups excluding carboxylic acids is 1. The van der Waals surface area contributed by atoms with Crippen LogP contribution < -0.4 is 5.32 Å². The zero-order valence-corrected chi connectivity index (χ0v) is 11.8. The first-order valence-corrected chi connectivity index (χ1v) is 6.65. The number of hydrogen-bond donors (Lipinski definition) is 1. The monoisotopic (exact) mass is 273 g/mol. The first kappa shape index (κ1) is 14.3. The van der Waals surface area contributed by atoms with Gasteiger partial charge < -0.3 is 10.1 Å². The molecule has 5 heteroatoms. The highest BCUT2D eigenvalue weighted by atomic mass is 16.5. The van der Waals surface area contributed by atoms with Gasteiger partial charge in [0.05, 0.1) is 12.2 Å². The fourth-order valence-corrected chi connectivity index (χ4v) is 1.90. The van der Waals surface area contributed by atoms with Gasteiger partial charge in [0, 0.05) is 12.7 Å². The van der Waals surface area contributed by atoms with E-state index in [0.29, 0.717) is 19.0 Å². The van der Waals surface area contributed by atoms with Crippen LogP contribution in [-0.2, 0) is 16.1 Å². The van der Waals surface area contributed by atoms with Crippen LogP contribution in [0.1, 0.15) is 18.2 Å². The van der Waals surface area contributed by atoms with Crippen LogP contribution in [0.5, 0.6) is 0 Å². The summed E-state index contributed by atoms with van der Waals surface area (Å²) < 4.78 is 6.88. The Morgan fingerprint density at radius 2 is 2.10 bits per heavy atom. The Morgan fingerprint density at radius 1 is 1.35 bits per heavy atom. The fraction of sp³-hybridized carbons (Fsp3) is 0.333. The van der Waals surface area contributed by atoms with Crippen molar-refractivity contribution >= 4 is 11.7 Å². The quantitative estimate of drug-likeness (QED) is 0.878. The Labute approximate surface area is 118 Å². The normalized spacial score (nSPS) is 10.5. The molecule has 0 atom stereocenters. The molecule has 0 saturated carbocycles. The third kappa shape index (κ3) is 3.93. The molecule has 5 nitrogen and oxygen atoms in total. The predicted octanol–water partition coefficient (Wildman–Crippen LogP) is 2.21. The number of hydrogen-bond acceptors (Lipinski definition) is 3. The second-order valence-electron chi connectivity index (χ2n) is 4.50. The average molecular weight is 273 g/mol. The van der Waals surface area contributed by atoms with Crippen molar-refractivity contribution in [3.8, 4) is 0 Å². The first-order chi connectivity index (χ1) is 9.69. The van der Waals surface area contributed by atoms with Crippen LogP contribution in [0.2, 0.25) is 0 Å². The van der Waals surface area contributed by atoms with Gasteiger partial charge in [-0.3, -0.25) is 4.79 Å². The van der Waals surface area contributed by atoms with Gasteiger partial charge in [0.15, 0.2) is 0 Å². The van der Waals surface area contributed by atoms with E-state index in [1.54, 1.807) is 4.68 Å². The second kappa shape index (κ2) is 6.86. The SMILES string of the molecule is CCOCC(=O)Nc1cc(C)nn1Cc1ccccc1. The van der Waals surface area contributed by atoms with Crippen LogP contribution in [0, 0.1) is 6.92 Å². The van der Waals surface area contributed by atoms with Crippen LogP contribution in [0.4, 0.5) is 5.82 Å². The van der Waals surface area contributed by atoms with Crippen LogP contribution in [0.3, 0.4) is 0 Å². The maximum Gasteiger partial charge on any atom is 0.251 e. The lowest BCUT2D eigenvalue weighted by molar-refractivity contribution is -0.120. The summed E-state index contributed by atoms with van der Waals surface area (Å²) in [5.74, 6) is 0.525. The van der Waals surface area contributed by atoms with Gasteiger partial charge in [-0.2, -0.15) is 5.10 Å². The van der Waals surface area contributed by atoms with Gasteiger partial charge in [-0.15, -0.1) is 0 Å². The lowest BCUT2D eigenvalue weighted by Gasteiger charge is -2.09. The summed E-state index contributed by atoms with van der Waals surface area (Å²) in [6.07, 6.45) is 0. The van der Waals surface area contributed by atoms with E-state index in [1.165, 1.54) is 0 Å². The highest BCUT2D eigenvalue weighted by Gasteiger charge is 2.09. The number of carbonyl (C=O) groups is 1. The van der Waals surface area contributed by atoms with E-state index in [9.17, 15) is 4.79 Å². The molecule has 1 amide bonds. The van der Waals surface area contributed by atoms with Crippen molar-refractivity contribution < 1.29 is 9.53 Å². The number of amides is 1. The number of rotatable bonds is 6. The topological polar surface area (TPSA) is 56.1 Å². The van der Waals surface area contributed by atoms with Crippen molar-refractivity contribution in [3.63, 3.8) is 0 Å². The van der Waals surface area contributed by atoms with Gasteiger partial charge in [-0.25, -0.2) is 4.68 Å². The number of anilines is 1. The molecule has 1 aromatic carbocycles. The molecule has 1 heterocycles. The molecule has 0 aliphatic rings. The third-order valence-corrected chi connectivity index (χ3v) is 2.78. The smallest absolute Gasteiger partial charge is 0.251 e. The number of aryl methyl sites for hydroxylation is 1. The number of aromatic nitrogens is 2. The van der Waals surface area contributed by atoms with Gasteiger partial charge in [-0.1, -0.05) is 30.3 Å². The highest BCUT2D eigenvalue weighted by Crippen LogP contribution is 2.13. The van der Waals surface area contributed by atoms with E-state index in [-0.39, 0.29) is 12.5 Å². The Balaban J connectivity index is 2.08. The molecule has 1 aromatic heterocycles. The number of benzene rings is 1. The van der Waals surface area contributed by atoms with Gasteiger partial charge in [0.1, 0.15) is 12.4 Å². The number of ether oxygens (including phenoxy) is 1. The van der Waals surface area contributed by atoms with Crippen molar-refractivity contribution in [3.05, 3.63) is 47.7 Å². The standard InChI is InChI=1S/C15H19N3O2/c1-3-20-11-15(19)16-14-9-12(2)17-18(14)10-13-7-5-4-6-8-13/h4-9H,3,10-11H2,1-2H3,(H,16,19). The minimum atomic E-state index is -0.166. The van der Waals surface area contributed by atoms with E-state index in [0.717, 1.165) is 11.3 Å². The summed E-state index contributed by atoms with van der Waals surface area (Å²) in [6.45, 7) is 4.97. The molecule has 0 spiro atoms. The average Bonchev–Trinajstić information content (AvgIpc) is 2.77. The fourth-order valence-electron chi connectivity index (χ4n) is 1.90. The molecular formula is C15H19N3O2. The second-order valence-corrected chi connectivity index (χ2v) is 4.50. The Bertz CT molecular complexity index is 564. The zero-order chi connectivity index (χ0) is 14.4. The lowest BCUT2D eigenvalue weighted by atomic mass is 10.2. The van der Waals surface area contributed by atoms with E-state index in [4.69, 9.17) is 4.74 Å². The van der Waals surface area contributed by atoms with Crippen LogP contribution in [-0.4, -0.2) is 28.9 Å². The van der Waals surface area contributed by atoms with E-state index in [2.05, 4.69) is 10.4 Å². The maximum absolute atomic E-state index is 11.7. The van der Waals surface area contributed by atoms with Gasteiger partial charge in [0.25, 0.3) is 5.91 Å². The predicted molar refractivity (Wildman–Crippen MR) is 77.6 cm³/mol. The molecule has 0 aliphatic heterocycles. The molecule has 20 heavy (non-hydrogen) atoms. The Kier molecular flexibility index (Phi) is 4.90. The lowest BCUT2D eigenvalue weighted by Crippen LogP contribution is -2.20. The molecule has 0 unspecified atom stereocenters. The van der Waals surface area contributed by atoms with Crippen LogP contribution >= 0.6 is 0 Å². The minimum absolute atomic E-state index is 0.0616. The van der Waals surface area contributed by atoms with Crippen LogP contribution in [0.15, 0.2) is 36.4 Å². The summed E-state index contributed by atoms with van der Waals surface area (Å²) >= 11 is 0. The molecule has 0 fully saturated rings. The molecule has 0 aliphatic carbocycles. The summed E-state index contributed by atoms with van der Waals surface area (Å²) in [4.78, 5) is 11.7. The first-order valence-electron chi connectivity index (χ1n) is 6.65. The minimum Gasteiger partial charge on any atom is -0.372 e. The van der Waals surface area contributed by atoms with E-state index < -0.39 is 0 Å². The van der Waals surface area contributed by atoms with Crippen molar-refractivity contribution in [2.24, 2.45) is 0 Å². The largest absolute Gasteiger partial charge is 0.372 e. The van der Waals surface area contributed by atoms with Gasteiger partial charge in [0.2, 0.25) is 0 Å². The van der Waals surface area contributed by atoms with Crippen molar-refractivity contribution in [2.45, 2.75) is 20.4 Å². The maximum atomic E-state index is 11.7. The molecule has 0 saturated heterocycles. The summed E-state index contributed by atoms with van der Waals surface area (Å²) in [6, 6.07) is 11.9. The van der Waals surface area contributed by atoms with Crippen molar-refractivity contribution in [1.29, 1.82) is 0 Å². The molecule has 106 valence electrons. The van der Waals surface area contributed by atoms with E-state index >= 15 is 0 Å². The summed E-state index contributed by atoms with van der Waals surface area (Å²) in [5, 5.41) is 7.22.